The molecule has 4 aromatic rings. The molecule has 7 heteroatoms. The second-order valence-corrected chi connectivity index (χ2v) is 9.36. The molecule has 3 aromatic carbocycles. The standard InChI is InChI=1S/C29H30ClN3O3/c1-2-35-27-12-6-5-11-26(27)33-20-21(19-28(33)34)29-31-24-9-3-4-10-25(24)32(29)17-7-8-18-36-23-15-13-22(30)14-16-23/h3-6,9-16,21H,2,7-8,17-20H2,1H3. The molecular formula is C29H30ClN3O3. The Morgan fingerprint density at radius 2 is 1.75 bits per heavy atom. The minimum atomic E-state index is 0.0184. The van der Waals surface area contributed by atoms with Crippen LogP contribution in [0, 0.1) is 0 Å². The van der Waals surface area contributed by atoms with Crippen molar-refractivity contribution in [3.05, 3.63) is 83.6 Å². The predicted octanol–water partition coefficient (Wildman–Crippen LogP) is 6.47. The van der Waals surface area contributed by atoms with Gasteiger partial charge >= 0.3 is 0 Å². The van der Waals surface area contributed by atoms with Crippen LogP contribution in [0.3, 0.4) is 0 Å². The Balaban J connectivity index is 1.30. The lowest BCUT2D eigenvalue weighted by Gasteiger charge is -2.20. The second-order valence-electron chi connectivity index (χ2n) is 8.93. The van der Waals surface area contributed by atoms with Crippen LogP contribution in [0.5, 0.6) is 11.5 Å². The first-order valence-electron chi connectivity index (χ1n) is 12.5. The van der Waals surface area contributed by atoms with Gasteiger partial charge in [0.2, 0.25) is 5.91 Å². The molecule has 1 unspecified atom stereocenters. The molecule has 1 saturated heterocycles. The fraction of sp³-hybridized carbons (Fsp3) is 0.310. The zero-order valence-electron chi connectivity index (χ0n) is 20.4. The van der Waals surface area contributed by atoms with Gasteiger partial charge in [0.25, 0.3) is 0 Å². The van der Waals surface area contributed by atoms with Crippen LogP contribution in [-0.4, -0.2) is 35.2 Å². The zero-order chi connectivity index (χ0) is 24.9. The summed E-state index contributed by atoms with van der Waals surface area (Å²) in [4.78, 5) is 19.9. The first-order valence-corrected chi connectivity index (χ1v) is 12.9. The third kappa shape index (κ3) is 5.19. The lowest BCUT2D eigenvalue weighted by molar-refractivity contribution is -0.117. The average molecular weight is 504 g/mol. The maximum absolute atomic E-state index is 13.1. The van der Waals surface area contributed by atoms with Crippen molar-refractivity contribution in [3.63, 3.8) is 0 Å². The molecular weight excluding hydrogens is 474 g/mol. The highest BCUT2D eigenvalue weighted by molar-refractivity contribution is 6.30. The smallest absolute Gasteiger partial charge is 0.227 e. The number of benzene rings is 3. The summed E-state index contributed by atoms with van der Waals surface area (Å²) in [7, 11) is 0. The van der Waals surface area contributed by atoms with E-state index in [-0.39, 0.29) is 11.8 Å². The molecule has 1 atom stereocenters. The zero-order valence-corrected chi connectivity index (χ0v) is 21.2. The molecule has 6 nitrogen and oxygen atoms in total. The summed E-state index contributed by atoms with van der Waals surface area (Å²) >= 11 is 5.95. The van der Waals surface area contributed by atoms with Crippen molar-refractivity contribution in [2.24, 2.45) is 0 Å². The molecule has 0 spiro atoms. The first kappa shape index (κ1) is 24.2. The summed E-state index contributed by atoms with van der Waals surface area (Å²) < 4.78 is 13.9. The number of halogens is 1. The largest absolute Gasteiger partial charge is 0.494 e. The fourth-order valence-electron chi connectivity index (χ4n) is 4.80. The van der Waals surface area contributed by atoms with Gasteiger partial charge in [-0.15, -0.1) is 0 Å². The molecule has 0 saturated carbocycles. The van der Waals surface area contributed by atoms with Crippen molar-refractivity contribution in [3.8, 4) is 11.5 Å². The van der Waals surface area contributed by atoms with E-state index in [9.17, 15) is 4.79 Å². The lowest BCUT2D eigenvalue weighted by atomic mass is 10.1. The minimum Gasteiger partial charge on any atom is -0.494 e. The number of ether oxygens (including phenoxy) is 2. The number of anilines is 1. The quantitative estimate of drug-likeness (QED) is 0.233. The number of fused-ring (bicyclic) bond motifs is 1. The number of imidazole rings is 1. The van der Waals surface area contributed by atoms with E-state index in [4.69, 9.17) is 26.1 Å². The van der Waals surface area contributed by atoms with E-state index in [1.54, 1.807) is 0 Å². The number of nitrogens with zero attached hydrogens (tertiary/aromatic N) is 3. The number of amides is 1. The molecule has 36 heavy (non-hydrogen) atoms. The van der Waals surface area contributed by atoms with E-state index < -0.39 is 0 Å². The van der Waals surface area contributed by atoms with Gasteiger partial charge in [-0.05, 0) is 68.3 Å². The third-order valence-electron chi connectivity index (χ3n) is 6.49. The van der Waals surface area contributed by atoms with Gasteiger partial charge in [-0.2, -0.15) is 0 Å². The maximum Gasteiger partial charge on any atom is 0.227 e. The van der Waals surface area contributed by atoms with Crippen molar-refractivity contribution in [1.29, 1.82) is 0 Å². The number of carbonyl (C=O) groups is 1. The highest BCUT2D eigenvalue weighted by Gasteiger charge is 2.35. The van der Waals surface area contributed by atoms with E-state index in [1.165, 1.54) is 0 Å². The van der Waals surface area contributed by atoms with E-state index in [0.29, 0.717) is 31.2 Å². The van der Waals surface area contributed by atoms with E-state index in [0.717, 1.165) is 53.4 Å². The topological polar surface area (TPSA) is 56.6 Å². The molecule has 1 aromatic heterocycles. The van der Waals surface area contributed by atoms with Crippen molar-refractivity contribution in [2.45, 2.75) is 38.6 Å². The van der Waals surface area contributed by atoms with Gasteiger partial charge in [0.05, 0.1) is 29.9 Å². The third-order valence-corrected chi connectivity index (χ3v) is 6.74. The summed E-state index contributed by atoms with van der Waals surface area (Å²) in [6.45, 7) is 4.55. The van der Waals surface area contributed by atoms with Crippen LogP contribution in [0.2, 0.25) is 5.02 Å². The van der Waals surface area contributed by atoms with Gasteiger partial charge < -0.3 is 18.9 Å². The van der Waals surface area contributed by atoms with Crippen LogP contribution in [0.15, 0.2) is 72.8 Å². The van der Waals surface area contributed by atoms with Gasteiger partial charge in [-0.3, -0.25) is 4.79 Å². The Hall–Kier alpha value is -3.51. The summed E-state index contributed by atoms with van der Waals surface area (Å²) in [5, 5.41) is 0.701. The SMILES string of the molecule is CCOc1ccccc1N1CC(c2nc3ccccc3n2CCCCOc2ccc(Cl)cc2)CC1=O. The second kappa shape index (κ2) is 11.0. The van der Waals surface area contributed by atoms with Gasteiger partial charge in [-0.25, -0.2) is 4.98 Å². The highest BCUT2D eigenvalue weighted by Crippen LogP contribution is 2.37. The molecule has 5 rings (SSSR count). The van der Waals surface area contributed by atoms with Gasteiger partial charge in [0, 0.05) is 30.5 Å². The summed E-state index contributed by atoms with van der Waals surface area (Å²) in [5.74, 6) is 2.65. The monoisotopic (exact) mass is 503 g/mol. The van der Waals surface area contributed by atoms with Crippen LogP contribution in [-0.2, 0) is 11.3 Å². The molecule has 1 fully saturated rings. The number of para-hydroxylation sites is 4. The Morgan fingerprint density at radius 3 is 2.58 bits per heavy atom. The number of rotatable bonds is 10. The minimum absolute atomic E-state index is 0.0184. The Labute approximate surface area is 216 Å². The molecule has 1 aliphatic rings. The Morgan fingerprint density at radius 1 is 0.972 bits per heavy atom. The van der Waals surface area contributed by atoms with E-state index >= 15 is 0 Å². The summed E-state index contributed by atoms with van der Waals surface area (Å²) in [6.07, 6.45) is 2.29. The van der Waals surface area contributed by atoms with Gasteiger partial charge in [0.1, 0.15) is 17.3 Å². The molecule has 0 aliphatic carbocycles. The van der Waals surface area contributed by atoms with Crippen LogP contribution < -0.4 is 14.4 Å². The van der Waals surface area contributed by atoms with Gasteiger partial charge in [0.15, 0.2) is 0 Å². The highest BCUT2D eigenvalue weighted by atomic mass is 35.5. The number of unbranched alkanes of at least 4 members (excludes halogenated alkanes) is 1. The first-order chi connectivity index (χ1) is 17.6. The number of carbonyl (C=O) groups excluding carboxylic acids is 1. The van der Waals surface area contributed by atoms with Crippen molar-refractivity contribution < 1.29 is 14.3 Å². The molecule has 2 heterocycles. The van der Waals surface area contributed by atoms with Gasteiger partial charge in [-0.1, -0.05) is 35.9 Å². The Bertz CT molecular complexity index is 1340. The summed E-state index contributed by atoms with van der Waals surface area (Å²) in [5.41, 5.74) is 2.89. The van der Waals surface area contributed by atoms with Crippen molar-refractivity contribution >= 4 is 34.2 Å². The van der Waals surface area contributed by atoms with E-state index in [1.807, 2.05) is 78.6 Å². The van der Waals surface area contributed by atoms with Crippen LogP contribution in [0.4, 0.5) is 5.69 Å². The van der Waals surface area contributed by atoms with Crippen LogP contribution in [0.1, 0.15) is 37.9 Å². The van der Waals surface area contributed by atoms with E-state index in [2.05, 4.69) is 10.6 Å². The lowest BCUT2D eigenvalue weighted by Crippen LogP contribution is -2.25. The molecule has 0 N–H and O–H groups in total. The van der Waals surface area contributed by atoms with Crippen molar-refractivity contribution in [2.75, 3.05) is 24.7 Å². The van der Waals surface area contributed by atoms with Crippen LogP contribution in [0.25, 0.3) is 11.0 Å². The molecule has 1 aliphatic heterocycles. The van der Waals surface area contributed by atoms with Crippen LogP contribution >= 0.6 is 11.6 Å². The summed E-state index contributed by atoms with van der Waals surface area (Å²) in [6, 6.07) is 23.4. The normalized spacial score (nSPS) is 15.6. The predicted molar refractivity (Wildman–Crippen MR) is 143 cm³/mol. The molecule has 0 bridgehead atoms. The average Bonchev–Trinajstić information content (AvgIpc) is 3.46. The fourth-order valence-corrected chi connectivity index (χ4v) is 4.93. The number of hydrogen-bond donors (Lipinski definition) is 0. The molecule has 186 valence electrons. The number of aromatic nitrogens is 2. The Kier molecular flexibility index (Phi) is 7.42. The number of hydrogen-bond acceptors (Lipinski definition) is 4. The molecule has 0 radical (unpaired) electrons. The molecule has 1 amide bonds. The van der Waals surface area contributed by atoms with Crippen molar-refractivity contribution in [1.82, 2.24) is 9.55 Å². The maximum atomic E-state index is 13.1. The number of aryl methyl sites for hydroxylation is 1.